The third-order valence-electron chi connectivity index (χ3n) is 4.89. The van der Waals surface area contributed by atoms with Gasteiger partial charge in [0, 0.05) is 17.7 Å². The van der Waals surface area contributed by atoms with E-state index in [1.807, 2.05) is 6.92 Å². The average Bonchev–Trinajstić information content (AvgIpc) is 3.02. The number of benzene rings is 2. The summed E-state index contributed by atoms with van der Waals surface area (Å²) in [5, 5.41) is 19.8. The lowest BCUT2D eigenvalue weighted by Crippen LogP contribution is -2.33. The molecular formula is C23H24FNO6. The molecule has 1 aliphatic heterocycles. The average molecular weight is 429 g/mol. The highest BCUT2D eigenvalue weighted by molar-refractivity contribution is 6.46. The molecule has 0 radical (unpaired) electrons. The van der Waals surface area contributed by atoms with Gasteiger partial charge in [-0.3, -0.25) is 9.59 Å². The fourth-order valence-corrected chi connectivity index (χ4v) is 3.49. The maximum absolute atomic E-state index is 14.7. The van der Waals surface area contributed by atoms with Crippen LogP contribution in [0.15, 0.2) is 54.1 Å². The Labute approximate surface area is 179 Å². The Kier molecular flexibility index (Phi) is 7.38. The van der Waals surface area contributed by atoms with E-state index in [9.17, 15) is 19.1 Å². The lowest BCUT2D eigenvalue weighted by molar-refractivity contribution is -0.140. The summed E-state index contributed by atoms with van der Waals surface area (Å²) in [5.41, 5.74) is 0.206. The molecule has 1 saturated heterocycles. The van der Waals surface area contributed by atoms with E-state index in [4.69, 9.17) is 14.6 Å². The SMILES string of the molecule is CCOc1ccc(/C(O)=C2/C(=O)C(=O)N(CCOCCO)C2c2ccccc2F)cc1. The van der Waals surface area contributed by atoms with Gasteiger partial charge in [0.25, 0.3) is 11.7 Å². The maximum Gasteiger partial charge on any atom is 0.295 e. The summed E-state index contributed by atoms with van der Waals surface area (Å²) in [6.07, 6.45) is 0. The van der Waals surface area contributed by atoms with Gasteiger partial charge < -0.3 is 24.6 Å². The summed E-state index contributed by atoms with van der Waals surface area (Å²) in [5.74, 6) is -2.16. The molecule has 1 atom stereocenters. The predicted octanol–water partition coefficient (Wildman–Crippen LogP) is 2.66. The molecule has 0 saturated carbocycles. The molecule has 8 heteroatoms. The normalized spacial score (nSPS) is 17.9. The first-order chi connectivity index (χ1) is 15.0. The van der Waals surface area contributed by atoms with Crippen molar-refractivity contribution in [3.05, 3.63) is 71.0 Å². The molecule has 164 valence electrons. The van der Waals surface area contributed by atoms with E-state index in [1.165, 1.54) is 23.1 Å². The number of amides is 1. The Balaban J connectivity index is 2.05. The van der Waals surface area contributed by atoms with Crippen molar-refractivity contribution in [2.45, 2.75) is 13.0 Å². The molecule has 2 aromatic rings. The van der Waals surface area contributed by atoms with Crippen LogP contribution < -0.4 is 4.74 Å². The summed E-state index contributed by atoms with van der Waals surface area (Å²) in [6, 6.07) is 11.1. The van der Waals surface area contributed by atoms with Crippen LogP contribution >= 0.6 is 0 Å². The monoisotopic (exact) mass is 429 g/mol. The molecule has 2 N–H and O–H groups in total. The molecule has 1 amide bonds. The molecule has 0 aromatic heterocycles. The Bertz CT molecular complexity index is 972. The van der Waals surface area contributed by atoms with Gasteiger partial charge in [-0.15, -0.1) is 0 Å². The van der Waals surface area contributed by atoms with Crippen LogP contribution in [0, 0.1) is 5.82 Å². The topological polar surface area (TPSA) is 96.3 Å². The number of aliphatic hydroxyl groups is 2. The molecule has 31 heavy (non-hydrogen) atoms. The van der Waals surface area contributed by atoms with Crippen LogP contribution in [0.5, 0.6) is 5.75 Å². The number of carbonyl (C=O) groups excluding carboxylic acids is 2. The quantitative estimate of drug-likeness (QED) is 0.275. The molecule has 0 bridgehead atoms. The van der Waals surface area contributed by atoms with Crippen LogP contribution in [-0.2, 0) is 14.3 Å². The van der Waals surface area contributed by atoms with E-state index in [1.54, 1.807) is 30.3 Å². The molecular weight excluding hydrogens is 405 g/mol. The summed E-state index contributed by atoms with van der Waals surface area (Å²) in [7, 11) is 0. The van der Waals surface area contributed by atoms with Crippen LogP contribution in [0.1, 0.15) is 24.1 Å². The summed E-state index contributed by atoms with van der Waals surface area (Å²) < 4.78 is 25.3. The zero-order valence-electron chi connectivity index (χ0n) is 17.1. The number of aliphatic hydroxyl groups excluding tert-OH is 2. The van der Waals surface area contributed by atoms with Crippen molar-refractivity contribution in [3.63, 3.8) is 0 Å². The molecule has 3 rings (SSSR count). The number of carbonyl (C=O) groups is 2. The minimum absolute atomic E-state index is 0.0103. The highest BCUT2D eigenvalue weighted by atomic mass is 19.1. The summed E-state index contributed by atoms with van der Waals surface area (Å²) >= 11 is 0. The van der Waals surface area contributed by atoms with Gasteiger partial charge in [0.15, 0.2) is 0 Å². The predicted molar refractivity (Wildman–Crippen MR) is 111 cm³/mol. The second-order valence-corrected chi connectivity index (χ2v) is 6.81. The van der Waals surface area contributed by atoms with Crippen molar-refractivity contribution in [1.29, 1.82) is 0 Å². The van der Waals surface area contributed by atoms with Crippen LogP contribution in [-0.4, -0.2) is 59.8 Å². The lowest BCUT2D eigenvalue weighted by Gasteiger charge is -2.25. The van der Waals surface area contributed by atoms with Crippen LogP contribution in [0.2, 0.25) is 0 Å². The second-order valence-electron chi connectivity index (χ2n) is 6.81. The molecule has 1 fully saturated rings. The highest BCUT2D eigenvalue weighted by Gasteiger charge is 2.46. The van der Waals surface area contributed by atoms with Crippen LogP contribution in [0.25, 0.3) is 5.76 Å². The number of hydrogen-bond donors (Lipinski definition) is 2. The Hall–Kier alpha value is -3.23. The van der Waals surface area contributed by atoms with Crippen LogP contribution in [0.4, 0.5) is 4.39 Å². The van der Waals surface area contributed by atoms with E-state index in [2.05, 4.69) is 0 Å². The largest absolute Gasteiger partial charge is 0.507 e. The van der Waals surface area contributed by atoms with Crippen molar-refractivity contribution in [2.75, 3.05) is 33.0 Å². The van der Waals surface area contributed by atoms with E-state index < -0.39 is 29.3 Å². The van der Waals surface area contributed by atoms with Gasteiger partial charge in [0.2, 0.25) is 0 Å². The molecule has 1 heterocycles. The molecule has 0 spiro atoms. The van der Waals surface area contributed by atoms with Crippen molar-refractivity contribution < 1.29 is 33.7 Å². The number of hydrogen-bond acceptors (Lipinski definition) is 6. The number of ether oxygens (including phenoxy) is 2. The highest BCUT2D eigenvalue weighted by Crippen LogP contribution is 2.40. The number of ketones is 1. The first-order valence-corrected chi connectivity index (χ1v) is 9.94. The van der Waals surface area contributed by atoms with E-state index in [-0.39, 0.29) is 37.5 Å². The fourth-order valence-electron chi connectivity index (χ4n) is 3.49. The Morgan fingerprint density at radius 1 is 1.10 bits per heavy atom. The number of rotatable bonds is 9. The van der Waals surface area contributed by atoms with Gasteiger partial charge in [-0.05, 0) is 37.3 Å². The smallest absolute Gasteiger partial charge is 0.295 e. The Morgan fingerprint density at radius 3 is 2.45 bits per heavy atom. The minimum atomic E-state index is -1.11. The molecule has 7 nitrogen and oxygen atoms in total. The lowest BCUT2D eigenvalue weighted by atomic mass is 9.95. The second kappa shape index (κ2) is 10.2. The van der Waals surface area contributed by atoms with E-state index >= 15 is 0 Å². The van der Waals surface area contributed by atoms with Gasteiger partial charge in [-0.25, -0.2) is 4.39 Å². The van der Waals surface area contributed by atoms with Crippen molar-refractivity contribution >= 4 is 17.4 Å². The van der Waals surface area contributed by atoms with Crippen molar-refractivity contribution in [2.24, 2.45) is 0 Å². The van der Waals surface area contributed by atoms with Gasteiger partial charge in [0.1, 0.15) is 17.3 Å². The van der Waals surface area contributed by atoms with Gasteiger partial charge >= 0.3 is 0 Å². The maximum atomic E-state index is 14.7. The molecule has 1 aliphatic rings. The minimum Gasteiger partial charge on any atom is -0.507 e. The van der Waals surface area contributed by atoms with Gasteiger partial charge in [-0.2, -0.15) is 0 Å². The number of nitrogens with zero attached hydrogens (tertiary/aromatic N) is 1. The third kappa shape index (κ3) is 4.76. The Morgan fingerprint density at radius 2 is 1.81 bits per heavy atom. The summed E-state index contributed by atoms with van der Waals surface area (Å²) in [4.78, 5) is 26.8. The van der Waals surface area contributed by atoms with E-state index in [0.717, 1.165) is 0 Å². The standard InChI is InChI=1S/C23H24FNO6/c1-2-31-16-9-7-15(8-10-16)21(27)19-20(17-5-3-4-6-18(17)24)25(23(29)22(19)28)11-13-30-14-12-26/h3-10,20,26-27H,2,11-14H2,1H3/b21-19-. The number of likely N-dealkylation sites (tertiary alicyclic amines) is 1. The van der Waals surface area contributed by atoms with Crippen molar-refractivity contribution in [3.8, 4) is 5.75 Å². The van der Waals surface area contributed by atoms with Gasteiger partial charge in [-0.1, -0.05) is 18.2 Å². The first kappa shape index (κ1) is 22.5. The fraction of sp³-hybridized carbons (Fsp3) is 0.304. The molecule has 2 aromatic carbocycles. The summed E-state index contributed by atoms with van der Waals surface area (Å²) in [6.45, 7) is 2.23. The molecule has 0 aliphatic carbocycles. The van der Waals surface area contributed by atoms with Crippen LogP contribution in [0.3, 0.4) is 0 Å². The first-order valence-electron chi connectivity index (χ1n) is 9.94. The zero-order chi connectivity index (χ0) is 22.4. The van der Waals surface area contributed by atoms with Gasteiger partial charge in [0.05, 0.1) is 38.0 Å². The number of Topliss-reactive ketones (excluding diaryl/α,β-unsaturated/α-hetero) is 1. The van der Waals surface area contributed by atoms with Crippen molar-refractivity contribution in [1.82, 2.24) is 4.90 Å². The zero-order valence-corrected chi connectivity index (χ0v) is 17.1. The number of halogens is 1. The molecule has 1 unspecified atom stereocenters. The van der Waals surface area contributed by atoms with E-state index in [0.29, 0.717) is 17.9 Å². The third-order valence-corrected chi connectivity index (χ3v) is 4.89.